The number of anilines is 1. The number of nitrogens with one attached hydrogen (secondary N) is 1. The van der Waals surface area contributed by atoms with E-state index in [1.807, 2.05) is 6.07 Å². The minimum atomic E-state index is -0.216. The van der Waals surface area contributed by atoms with E-state index in [1.165, 1.54) is 12.1 Å². The predicted octanol–water partition coefficient (Wildman–Crippen LogP) is 4.11. The first kappa shape index (κ1) is 13.6. The number of benzene rings is 2. The summed E-state index contributed by atoms with van der Waals surface area (Å²) in [7, 11) is 0. The minimum Gasteiger partial charge on any atom is -0.384 e. The largest absolute Gasteiger partial charge is 0.384 e. The molecule has 2 aromatic carbocycles. The number of nitriles is 1. The van der Waals surface area contributed by atoms with Crippen molar-refractivity contribution in [1.82, 2.24) is 0 Å². The summed E-state index contributed by atoms with van der Waals surface area (Å²) < 4.78 is 13.6. The van der Waals surface area contributed by atoms with Crippen molar-refractivity contribution in [3.8, 4) is 6.07 Å². The Labute approximate surface area is 120 Å². The molecule has 0 amide bonds. The second kappa shape index (κ2) is 6.35. The Bertz CT molecular complexity index is 603. The monoisotopic (exact) mass is 318 g/mol. The van der Waals surface area contributed by atoms with Crippen molar-refractivity contribution in [2.45, 2.75) is 6.42 Å². The van der Waals surface area contributed by atoms with Crippen LogP contribution >= 0.6 is 15.9 Å². The highest BCUT2D eigenvalue weighted by Gasteiger charge is 2.01. The minimum absolute atomic E-state index is 0.216. The van der Waals surface area contributed by atoms with Crippen LogP contribution in [-0.4, -0.2) is 6.54 Å². The van der Waals surface area contributed by atoms with Gasteiger partial charge in [-0.25, -0.2) is 4.39 Å². The Morgan fingerprint density at radius 2 is 1.89 bits per heavy atom. The van der Waals surface area contributed by atoms with E-state index >= 15 is 0 Å². The van der Waals surface area contributed by atoms with Gasteiger partial charge in [-0.3, -0.25) is 0 Å². The highest BCUT2D eigenvalue weighted by atomic mass is 79.9. The molecule has 0 atom stereocenters. The normalized spacial score (nSPS) is 9.95. The molecule has 0 saturated heterocycles. The van der Waals surface area contributed by atoms with Crippen LogP contribution in [0.3, 0.4) is 0 Å². The van der Waals surface area contributed by atoms with E-state index in [0.29, 0.717) is 5.56 Å². The fraction of sp³-hybridized carbons (Fsp3) is 0.133. The third-order valence-electron chi connectivity index (χ3n) is 2.74. The lowest BCUT2D eigenvalue weighted by Gasteiger charge is -2.08. The molecule has 19 heavy (non-hydrogen) atoms. The van der Waals surface area contributed by atoms with Crippen LogP contribution in [0, 0.1) is 17.1 Å². The van der Waals surface area contributed by atoms with E-state index in [2.05, 4.69) is 27.3 Å². The quantitative estimate of drug-likeness (QED) is 0.920. The lowest BCUT2D eigenvalue weighted by Crippen LogP contribution is -2.05. The van der Waals surface area contributed by atoms with Gasteiger partial charge in [-0.1, -0.05) is 12.1 Å². The van der Waals surface area contributed by atoms with E-state index in [4.69, 9.17) is 5.26 Å². The summed E-state index contributed by atoms with van der Waals surface area (Å²) in [4.78, 5) is 0. The van der Waals surface area contributed by atoms with Gasteiger partial charge in [0.2, 0.25) is 0 Å². The van der Waals surface area contributed by atoms with Gasteiger partial charge in [-0.15, -0.1) is 0 Å². The SMILES string of the molecule is N#Cc1ccc(NCCc2ccc(F)cc2)c(Br)c1. The Balaban J connectivity index is 1.92. The molecule has 0 bridgehead atoms. The summed E-state index contributed by atoms with van der Waals surface area (Å²) in [6.45, 7) is 0.746. The molecule has 0 fully saturated rings. The first-order valence-corrected chi connectivity index (χ1v) is 6.66. The highest BCUT2D eigenvalue weighted by Crippen LogP contribution is 2.23. The van der Waals surface area contributed by atoms with Crippen LogP contribution in [0.25, 0.3) is 0 Å². The molecular formula is C15H12BrFN2. The molecule has 1 N–H and O–H groups in total. The van der Waals surface area contributed by atoms with Crippen LogP contribution in [-0.2, 0) is 6.42 Å². The fourth-order valence-electron chi connectivity index (χ4n) is 1.72. The molecule has 0 saturated carbocycles. The van der Waals surface area contributed by atoms with Gasteiger partial charge < -0.3 is 5.32 Å². The average Bonchev–Trinajstić information content (AvgIpc) is 2.42. The number of halogens is 2. The molecule has 0 aliphatic carbocycles. The van der Waals surface area contributed by atoms with Gasteiger partial charge in [0.25, 0.3) is 0 Å². The molecule has 2 rings (SSSR count). The van der Waals surface area contributed by atoms with E-state index in [9.17, 15) is 4.39 Å². The molecule has 96 valence electrons. The van der Waals surface area contributed by atoms with Gasteiger partial charge in [0.15, 0.2) is 0 Å². The van der Waals surface area contributed by atoms with Gasteiger partial charge in [0, 0.05) is 16.7 Å². The van der Waals surface area contributed by atoms with Crippen molar-refractivity contribution in [2.75, 3.05) is 11.9 Å². The number of hydrogen-bond acceptors (Lipinski definition) is 2. The van der Waals surface area contributed by atoms with Crippen molar-refractivity contribution in [1.29, 1.82) is 5.26 Å². The Kier molecular flexibility index (Phi) is 4.53. The lowest BCUT2D eigenvalue weighted by atomic mass is 10.1. The molecule has 4 heteroatoms. The molecule has 0 radical (unpaired) electrons. The van der Waals surface area contributed by atoms with Gasteiger partial charge in [0.05, 0.1) is 11.6 Å². The maximum atomic E-state index is 12.7. The smallest absolute Gasteiger partial charge is 0.123 e. The van der Waals surface area contributed by atoms with Crippen molar-refractivity contribution >= 4 is 21.6 Å². The molecule has 0 heterocycles. The van der Waals surface area contributed by atoms with Gasteiger partial charge >= 0.3 is 0 Å². The molecule has 0 aromatic heterocycles. The summed E-state index contributed by atoms with van der Waals surface area (Å²) in [5.41, 5.74) is 2.65. The maximum Gasteiger partial charge on any atom is 0.123 e. The maximum absolute atomic E-state index is 12.7. The Hall–Kier alpha value is -1.86. The summed E-state index contributed by atoms with van der Waals surface area (Å²) in [5, 5.41) is 12.1. The number of rotatable bonds is 4. The van der Waals surface area contributed by atoms with Crippen LogP contribution in [0.5, 0.6) is 0 Å². The molecule has 2 nitrogen and oxygen atoms in total. The van der Waals surface area contributed by atoms with Gasteiger partial charge in [-0.2, -0.15) is 5.26 Å². The number of hydrogen-bond donors (Lipinski definition) is 1. The van der Waals surface area contributed by atoms with Crippen LogP contribution in [0.4, 0.5) is 10.1 Å². The Morgan fingerprint density at radius 1 is 1.16 bits per heavy atom. The third kappa shape index (κ3) is 3.80. The second-order valence-electron chi connectivity index (χ2n) is 4.11. The van der Waals surface area contributed by atoms with Crippen LogP contribution in [0.15, 0.2) is 46.9 Å². The zero-order valence-electron chi connectivity index (χ0n) is 10.2. The first-order valence-electron chi connectivity index (χ1n) is 5.87. The summed E-state index contributed by atoms with van der Waals surface area (Å²) in [6.07, 6.45) is 0.812. The highest BCUT2D eigenvalue weighted by molar-refractivity contribution is 9.10. The molecular weight excluding hydrogens is 307 g/mol. The van der Waals surface area contributed by atoms with Crippen LogP contribution < -0.4 is 5.32 Å². The van der Waals surface area contributed by atoms with Crippen LogP contribution in [0.1, 0.15) is 11.1 Å². The standard InChI is InChI=1S/C15H12BrFN2/c16-14-9-12(10-18)3-6-15(14)19-8-7-11-1-4-13(17)5-2-11/h1-6,9,19H,7-8H2. The van der Waals surface area contributed by atoms with E-state index < -0.39 is 0 Å². The molecule has 0 aliphatic rings. The van der Waals surface area contributed by atoms with Crippen LogP contribution in [0.2, 0.25) is 0 Å². The predicted molar refractivity (Wildman–Crippen MR) is 77.5 cm³/mol. The topological polar surface area (TPSA) is 35.8 Å². The molecule has 2 aromatic rings. The van der Waals surface area contributed by atoms with Gasteiger partial charge in [0.1, 0.15) is 5.82 Å². The zero-order chi connectivity index (χ0) is 13.7. The molecule has 0 unspecified atom stereocenters. The second-order valence-corrected chi connectivity index (χ2v) is 4.96. The molecule has 0 aliphatic heterocycles. The van der Waals surface area contributed by atoms with Gasteiger partial charge in [-0.05, 0) is 58.2 Å². The third-order valence-corrected chi connectivity index (χ3v) is 3.40. The lowest BCUT2D eigenvalue weighted by molar-refractivity contribution is 0.627. The van der Waals surface area contributed by atoms with E-state index in [0.717, 1.165) is 28.7 Å². The van der Waals surface area contributed by atoms with Crippen molar-refractivity contribution in [3.63, 3.8) is 0 Å². The Morgan fingerprint density at radius 3 is 2.53 bits per heavy atom. The van der Waals surface area contributed by atoms with E-state index in [-0.39, 0.29) is 5.82 Å². The fourth-order valence-corrected chi connectivity index (χ4v) is 2.24. The summed E-state index contributed by atoms with van der Waals surface area (Å²) in [6, 6.07) is 14.0. The summed E-state index contributed by atoms with van der Waals surface area (Å²) in [5.74, 6) is -0.216. The van der Waals surface area contributed by atoms with Crippen molar-refractivity contribution in [2.24, 2.45) is 0 Å². The molecule has 0 spiro atoms. The first-order chi connectivity index (χ1) is 9.19. The average molecular weight is 319 g/mol. The van der Waals surface area contributed by atoms with Crippen molar-refractivity contribution < 1.29 is 4.39 Å². The zero-order valence-corrected chi connectivity index (χ0v) is 11.7. The van der Waals surface area contributed by atoms with Crippen molar-refractivity contribution in [3.05, 3.63) is 63.9 Å². The number of nitrogens with zero attached hydrogens (tertiary/aromatic N) is 1. The summed E-state index contributed by atoms with van der Waals surface area (Å²) >= 11 is 3.42. The van der Waals surface area contributed by atoms with E-state index in [1.54, 1.807) is 24.3 Å².